The topological polar surface area (TPSA) is 74.8 Å². The lowest BCUT2D eigenvalue weighted by Gasteiger charge is -2.22. The predicted molar refractivity (Wildman–Crippen MR) is 107 cm³/mol. The van der Waals surface area contributed by atoms with E-state index in [1.165, 1.54) is 6.42 Å². The molecular formula is C19H27BrN4O2. The highest BCUT2D eigenvalue weighted by atomic mass is 79.9. The van der Waals surface area contributed by atoms with Crippen molar-refractivity contribution in [3.05, 3.63) is 34.3 Å². The molecule has 0 saturated carbocycles. The van der Waals surface area contributed by atoms with Crippen LogP contribution in [-0.2, 0) is 4.74 Å². The third kappa shape index (κ3) is 5.20. The van der Waals surface area contributed by atoms with Crippen molar-refractivity contribution < 1.29 is 9.53 Å². The summed E-state index contributed by atoms with van der Waals surface area (Å²) in [5.74, 6) is 0.784. The van der Waals surface area contributed by atoms with Gasteiger partial charge in [-0.1, -0.05) is 22.0 Å². The Bertz CT molecular complexity index is 652. The lowest BCUT2D eigenvalue weighted by atomic mass is 9.96. The normalized spacial score (nSPS) is 24.5. The lowest BCUT2D eigenvalue weighted by molar-refractivity contribution is 0.0953. The molecule has 1 amide bonds. The number of hydrogen-bond acceptors (Lipinski definition) is 3. The second kappa shape index (κ2) is 9.37. The summed E-state index contributed by atoms with van der Waals surface area (Å²) in [4.78, 5) is 16.7. The van der Waals surface area contributed by atoms with Gasteiger partial charge in [0.25, 0.3) is 5.91 Å². The Hall–Kier alpha value is -1.60. The van der Waals surface area contributed by atoms with Crippen molar-refractivity contribution in [3.63, 3.8) is 0 Å². The number of guanidine groups is 1. The first-order valence-corrected chi connectivity index (χ1v) is 10.2. The van der Waals surface area contributed by atoms with E-state index in [9.17, 15) is 4.79 Å². The zero-order valence-corrected chi connectivity index (χ0v) is 16.7. The third-order valence-electron chi connectivity index (χ3n) is 4.75. The Morgan fingerprint density at radius 2 is 2.23 bits per heavy atom. The number of carbonyl (C=O) groups excluding carboxylic acids is 1. The molecule has 1 aromatic rings. The monoisotopic (exact) mass is 422 g/mol. The van der Waals surface area contributed by atoms with E-state index in [0.717, 1.165) is 36.2 Å². The van der Waals surface area contributed by atoms with E-state index in [1.807, 2.05) is 24.3 Å². The van der Waals surface area contributed by atoms with Crippen LogP contribution >= 0.6 is 15.9 Å². The summed E-state index contributed by atoms with van der Waals surface area (Å²) in [6.45, 7) is 4.15. The van der Waals surface area contributed by atoms with E-state index in [-0.39, 0.29) is 5.91 Å². The molecule has 1 aromatic carbocycles. The molecule has 3 unspecified atom stereocenters. The minimum absolute atomic E-state index is 0.0561. The zero-order valence-electron chi connectivity index (χ0n) is 15.1. The van der Waals surface area contributed by atoms with E-state index in [0.29, 0.717) is 36.9 Å². The minimum Gasteiger partial charge on any atom is -0.373 e. The fraction of sp³-hybridized carbons (Fsp3) is 0.579. The Labute approximate surface area is 163 Å². The highest BCUT2D eigenvalue weighted by Gasteiger charge is 2.41. The van der Waals surface area contributed by atoms with Crippen molar-refractivity contribution in [1.82, 2.24) is 16.0 Å². The van der Waals surface area contributed by atoms with Crippen LogP contribution in [0.15, 0.2) is 33.7 Å². The van der Waals surface area contributed by atoms with Crippen LogP contribution in [0.1, 0.15) is 43.0 Å². The minimum atomic E-state index is -0.0561. The molecule has 2 heterocycles. The van der Waals surface area contributed by atoms with Crippen LogP contribution in [0.3, 0.4) is 0 Å². The van der Waals surface area contributed by atoms with Crippen molar-refractivity contribution >= 4 is 27.8 Å². The Kier molecular flexibility index (Phi) is 6.91. The smallest absolute Gasteiger partial charge is 0.251 e. The van der Waals surface area contributed by atoms with Crippen LogP contribution < -0.4 is 16.0 Å². The highest BCUT2D eigenvalue weighted by Crippen LogP contribution is 2.34. The molecule has 2 bridgehead atoms. The van der Waals surface area contributed by atoms with Gasteiger partial charge in [-0.15, -0.1) is 0 Å². The van der Waals surface area contributed by atoms with E-state index in [4.69, 9.17) is 4.74 Å². The van der Waals surface area contributed by atoms with Gasteiger partial charge >= 0.3 is 0 Å². The number of hydrogen-bond donors (Lipinski definition) is 3. The zero-order chi connectivity index (χ0) is 18.4. The van der Waals surface area contributed by atoms with Crippen LogP contribution in [0.2, 0.25) is 0 Å². The third-order valence-corrected chi connectivity index (χ3v) is 5.24. The van der Waals surface area contributed by atoms with E-state index >= 15 is 0 Å². The van der Waals surface area contributed by atoms with Crippen LogP contribution in [-0.4, -0.2) is 49.8 Å². The molecule has 2 aliphatic heterocycles. The molecule has 0 aliphatic carbocycles. The van der Waals surface area contributed by atoms with E-state index < -0.39 is 0 Å². The molecule has 0 aromatic heterocycles. The number of benzene rings is 1. The quantitative estimate of drug-likeness (QED) is 0.358. The Morgan fingerprint density at radius 3 is 2.92 bits per heavy atom. The maximum atomic E-state index is 12.1. The molecule has 3 rings (SSSR count). The maximum absolute atomic E-state index is 12.1. The summed E-state index contributed by atoms with van der Waals surface area (Å²) in [6, 6.07) is 7.75. The van der Waals surface area contributed by atoms with Gasteiger partial charge in [0.15, 0.2) is 5.96 Å². The highest BCUT2D eigenvalue weighted by molar-refractivity contribution is 9.10. The van der Waals surface area contributed by atoms with Crippen LogP contribution in [0.5, 0.6) is 0 Å². The van der Waals surface area contributed by atoms with Crippen LogP contribution in [0.4, 0.5) is 0 Å². The van der Waals surface area contributed by atoms with Crippen LogP contribution in [0, 0.1) is 0 Å². The van der Waals surface area contributed by atoms with Crippen molar-refractivity contribution in [2.24, 2.45) is 4.99 Å². The summed E-state index contributed by atoms with van der Waals surface area (Å²) in [7, 11) is 0. The maximum Gasteiger partial charge on any atom is 0.251 e. The Balaban J connectivity index is 1.40. The average Bonchev–Trinajstić information content (AvgIpc) is 3.24. The Morgan fingerprint density at radius 1 is 1.35 bits per heavy atom. The van der Waals surface area contributed by atoms with Crippen molar-refractivity contribution in [2.75, 3.05) is 19.6 Å². The second-order valence-electron chi connectivity index (χ2n) is 6.74. The fourth-order valence-corrected chi connectivity index (χ4v) is 3.89. The number of nitrogens with zero attached hydrogens (tertiary/aromatic N) is 1. The molecule has 2 fully saturated rings. The van der Waals surface area contributed by atoms with E-state index in [1.54, 1.807) is 0 Å². The first-order chi connectivity index (χ1) is 12.7. The van der Waals surface area contributed by atoms with Gasteiger partial charge in [-0.05, 0) is 50.8 Å². The molecule has 2 saturated heterocycles. The molecule has 6 nitrogen and oxygen atoms in total. The molecule has 7 heteroatoms. The van der Waals surface area contributed by atoms with Gasteiger partial charge in [0, 0.05) is 29.7 Å². The lowest BCUT2D eigenvalue weighted by Crippen LogP contribution is -2.47. The molecule has 3 N–H and O–H groups in total. The molecule has 0 spiro atoms. The number of fused-ring (bicyclic) bond motifs is 2. The first kappa shape index (κ1) is 19.2. The predicted octanol–water partition coefficient (Wildman–Crippen LogP) is 2.44. The number of halogens is 1. The number of ether oxygens (including phenoxy) is 1. The summed E-state index contributed by atoms with van der Waals surface area (Å²) >= 11 is 3.38. The summed E-state index contributed by atoms with van der Waals surface area (Å²) in [5, 5.41) is 9.73. The molecule has 26 heavy (non-hydrogen) atoms. The summed E-state index contributed by atoms with van der Waals surface area (Å²) < 4.78 is 6.79. The van der Waals surface area contributed by atoms with Gasteiger partial charge in [0.2, 0.25) is 0 Å². The van der Waals surface area contributed by atoms with Gasteiger partial charge < -0.3 is 20.7 Å². The van der Waals surface area contributed by atoms with Gasteiger partial charge in [-0.2, -0.15) is 0 Å². The molecule has 142 valence electrons. The largest absolute Gasteiger partial charge is 0.373 e. The van der Waals surface area contributed by atoms with Gasteiger partial charge in [-0.3, -0.25) is 9.79 Å². The average molecular weight is 423 g/mol. The number of rotatable bonds is 7. The fourth-order valence-electron chi connectivity index (χ4n) is 3.49. The number of amides is 1. The van der Waals surface area contributed by atoms with Gasteiger partial charge in [0.05, 0.1) is 18.2 Å². The standard InChI is InChI=1S/C19H27BrN4O2/c1-2-21-19(24-16-12-15-7-8-17(16)26-15)23-10-4-9-22-18(25)13-5-3-6-14(20)11-13/h3,5-6,11,15-17H,2,4,7-10,12H2,1H3,(H,22,25)(H2,21,23,24). The van der Waals surface area contributed by atoms with Crippen LogP contribution in [0.25, 0.3) is 0 Å². The number of carbonyl (C=O) groups is 1. The molecule has 2 aliphatic rings. The van der Waals surface area contributed by atoms with Gasteiger partial charge in [-0.25, -0.2) is 0 Å². The SMILES string of the molecule is CCNC(=NCCCNC(=O)c1cccc(Br)c1)NC1CC2CCC1O2. The molecule has 0 radical (unpaired) electrons. The number of nitrogens with one attached hydrogen (secondary N) is 3. The summed E-state index contributed by atoms with van der Waals surface area (Å²) in [6.07, 6.45) is 4.95. The van der Waals surface area contributed by atoms with E-state index in [2.05, 4.69) is 43.8 Å². The molecule has 3 atom stereocenters. The number of aliphatic imine (C=N–C) groups is 1. The van der Waals surface area contributed by atoms with Crippen molar-refractivity contribution in [2.45, 2.75) is 50.9 Å². The molecular weight excluding hydrogens is 396 g/mol. The summed E-state index contributed by atoms with van der Waals surface area (Å²) in [5.41, 5.74) is 0.661. The van der Waals surface area contributed by atoms with Crippen molar-refractivity contribution in [1.29, 1.82) is 0 Å². The van der Waals surface area contributed by atoms with Crippen molar-refractivity contribution in [3.8, 4) is 0 Å². The second-order valence-corrected chi connectivity index (χ2v) is 7.66. The van der Waals surface area contributed by atoms with Gasteiger partial charge in [0.1, 0.15) is 0 Å². The first-order valence-electron chi connectivity index (χ1n) is 9.39.